The number of ether oxygens (including phenoxy) is 1. The molecule has 10 heteroatoms. The van der Waals surface area contributed by atoms with Crippen molar-refractivity contribution in [2.24, 2.45) is 7.05 Å². The fourth-order valence-corrected chi connectivity index (χ4v) is 2.99. The van der Waals surface area contributed by atoms with Crippen LogP contribution in [-0.2, 0) is 21.6 Å². The lowest BCUT2D eigenvalue weighted by molar-refractivity contribution is 0.0601. The Bertz CT molecular complexity index is 816. The van der Waals surface area contributed by atoms with E-state index in [0.29, 0.717) is 0 Å². The molecule has 0 aliphatic rings. The minimum absolute atomic E-state index is 0.00804. The number of rotatable bonds is 3. The van der Waals surface area contributed by atoms with Crippen molar-refractivity contribution >= 4 is 27.4 Å². The molecule has 1 aromatic heterocycles. The SMILES string of the molecule is COC(=O)c1ccc(S(C)(=O)=O)c(-c2nnn(C)n2)c1Cl. The van der Waals surface area contributed by atoms with Crippen molar-refractivity contribution in [3.63, 3.8) is 0 Å². The monoisotopic (exact) mass is 330 g/mol. The summed E-state index contributed by atoms with van der Waals surface area (Å²) in [5.41, 5.74) is 0.0455. The minimum atomic E-state index is -3.60. The van der Waals surface area contributed by atoms with Crippen LogP contribution in [0, 0.1) is 0 Å². The van der Waals surface area contributed by atoms with E-state index < -0.39 is 15.8 Å². The van der Waals surface area contributed by atoms with Gasteiger partial charge in [-0.2, -0.15) is 4.80 Å². The maximum atomic E-state index is 11.9. The van der Waals surface area contributed by atoms with Crippen LogP contribution in [0.2, 0.25) is 5.02 Å². The average Bonchev–Trinajstić information content (AvgIpc) is 2.82. The van der Waals surface area contributed by atoms with Gasteiger partial charge in [0.2, 0.25) is 5.82 Å². The third kappa shape index (κ3) is 2.88. The van der Waals surface area contributed by atoms with Gasteiger partial charge in [-0.05, 0) is 17.3 Å². The fourth-order valence-electron chi connectivity index (χ4n) is 1.73. The van der Waals surface area contributed by atoms with Crippen LogP contribution in [0.1, 0.15) is 10.4 Å². The summed E-state index contributed by atoms with van der Waals surface area (Å²) in [7, 11) is -0.877. The van der Waals surface area contributed by atoms with Gasteiger partial charge in [0.1, 0.15) is 0 Å². The highest BCUT2D eigenvalue weighted by Crippen LogP contribution is 2.34. The number of carbonyl (C=O) groups is 1. The molecule has 0 radical (unpaired) electrons. The molecule has 1 heterocycles. The Morgan fingerprint density at radius 2 is 2.05 bits per heavy atom. The van der Waals surface area contributed by atoms with Gasteiger partial charge < -0.3 is 4.74 Å². The Hall–Kier alpha value is -2.00. The number of aromatic nitrogens is 4. The lowest BCUT2D eigenvalue weighted by Gasteiger charge is -2.10. The van der Waals surface area contributed by atoms with E-state index in [0.717, 1.165) is 11.1 Å². The molecule has 0 saturated carbocycles. The quantitative estimate of drug-likeness (QED) is 0.763. The molecular weight excluding hydrogens is 320 g/mol. The number of benzene rings is 1. The summed E-state index contributed by atoms with van der Waals surface area (Å²) in [5, 5.41) is 11.2. The van der Waals surface area contributed by atoms with E-state index in [1.54, 1.807) is 0 Å². The van der Waals surface area contributed by atoms with E-state index in [-0.39, 0.29) is 26.9 Å². The zero-order valence-corrected chi connectivity index (χ0v) is 12.9. The number of aryl methyl sites for hydroxylation is 1. The minimum Gasteiger partial charge on any atom is -0.465 e. The summed E-state index contributed by atoms with van der Waals surface area (Å²) >= 11 is 6.16. The molecule has 0 saturated heterocycles. The second-order valence-electron chi connectivity index (χ2n) is 4.17. The Labute approximate surface area is 125 Å². The molecule has 0 fully saturated rings. The number of tetrazole rings is 1. The Morgan fingerprint density at radius 1 is 1.38 bits per heavy atom. The first kappa shape index (κ1) is 15.4. The van der Waals surface area contributed by atoms with Gasteiger partial charge in [-0.1, -0.05) is 11.6 Å². The van der Waals surface area contributed by atoms with Gasteiger partial charge in [0.15, 0.2) is 9.84 Å². The van der Waals surface area contributed by atoms with Crippen LogP contribution in [0.4, 0.5) is 0 Å². The van der Waals surface area contributed by atoms with Gasteiger partial charge in [-0.3, -0.25) is 0 Å². The molecule has 112 valence electrons. The van der Waals surface area contributed by atoms with Gasteiger partial charge >= 0.3 is 5.97 Å². The van der Waals surface area contributed by atoms with Crippen molar-refractivity contribution < 1.29 is 17.9 Å². The predicted octanol–water partition coefficient (Wildman–Crippen LogP) is 0.721. The number of hydrogen-bond donors (Lipinski definition) is 0. The number of methoxy groups -OCH3 is 1. The van der Waals surface area contributed by atoms with E-state index >= 15 is 0 Å². The van der Waals surface area contributed by atoms with Crippen molar-refractivity contribution in [3.05, 3.63) is 22.7 Å². The van der Waals surface area contributed by atoms with Crippen molar-refractivity contribution in [2.75, 3.05) is 13.4 Å². The van der Waals surface area contributed by atoms with Gasteiger partial charge in [0, 0.05) is 6.26 Å². The molecule has 0 aliphatic heterocycles. The molecule has 0 aliphatic carbocycles. The molecule has 0 N–H and O–H groups in total. The second kappa shape index (κ2) is 5.41. The molecular formula is C11H11ClN4O4S. The van der Waals surface area contributed by atoms with Gasteiger partial charge in [0.25, 0.3) is 0 Å². The number of hydrogen-bond acceptors (Lipinski definition) is 7. The standard InChI is InChI=1S/C11H11ClN4O4S/c1-16-14-10(13-15-16)8-7(21(3,18)19)5-4-6(9(8)12)11(17)20-2/h4-5H,1-3H3. The zero-order chi connectivity index (χ0) is 15.8. The van der Waals surface area contributed by atoms with Crippen molar-refractivity contribution in [1.29, 1.82) is 0 Å². The molecule has 0 amide bonds. The van der Waals surface area contributed by atoms with E-state index in [1.165, 1.54) is 26.3 Å². The molecule has 21 heavy (non-hydrogen) atoms. The van der Waals surface area contributed by atoms with E-state index in [1.807, 2.05) is 0 Å². The molecule has 0 spiro atoms. The van der Waals surface area contributed by atoms with E-state index in [2.05, 4.69) is 20.1 Å². The Morgan fingerprint density at radius 3 is 2.52 bits per heavy atom. The predicted molar refractivity (Wildman–Crippen MR) is 73.7 cm³/mol. The summed E-state index contributed by atoms with van der Waals surface area (Å²) < 4.78 is 28.4. The first-order valence-corrected chi connectivity index (χ1v) is 7.88. The summed E-state index contributed by atoms with van der Waals surface area (Å²) in [6.45, 7) is 0. The highest BCUT2D eigenvalue weighted by Gasteiger charge is 2.25. The van der Waals surface area contributed by atoms with E-state index in [9.17, 15) is 13.2 Å². The van der Waals surface area contributed by atoms with E-state index in [4.69, 9.17) is 11.6 Å². The summed E-state index contributed by atoms with van der Waals surface area (Å²) in [6.07, 6.45) is 1.02. The number of carbonyl (C=O) groups excluding carboxylic acids is 1. The maximum Gasteiger partial charge on any atom is 0.339 e. The Balaban J connectivity index is 2.82. The number of halogens is 1. The molecule has 1 aromatic carbocycles. The highest BCUT2D eigenvalue weighted by molar-refractivity contribution is 7.90. The fraction of sp³-hybridized carbons (Fsp3) is 0.273. The molecule has 0 unspecified atom stereocenters. The van der Waals surface area contributed by atoms with Crippen LogP contribution in [0.25, 0.3) is 11.4 Å². The van der Waals surface area contributed by atoms with Crippen molar-refractivity contribution in [3.8, 4) is 11.4 Å². The molecule has 0 atom stereocenters. The summed E-state index contributed by atoms with van der Waals surface area (Å²) in [6, 6.07) is 2.55. The third-order valence-corrected chi connectivity index (χ3v) is 4.17. The summed E-state index contributed by atoms with van der Waals surface area (Å²) in [5.74, 6) is -0.682. The number of sulfone groups is 1. The van der Waals surface area contributed by atoms with Crippen LogP contribution in [0.3, 0.4) is 0 Å². The number of nitrogens with zero attached hydrogens (tertiary/aromatic N) is 4. The molecule has 8 nitrogen and oxygen atoms in total. The molecule has 0 bridgehead atoms. The first-order chi connectivity index (χ1) is 9.75. The normalized spacial score (nSPS) is 11.4. The Kier molecular flexibility index (Phi) is 3.97. The highest BCUT2D eigenvalue weighted by atomic mass is 35.5. The van der Waals surface area contributed by atoms with Crippen LogP contribution in [-0.4, -0.2) is 48.0 Å². The van der Waals surface area contributed by atoms with Gasteiger partial charge in [-0.15, -0.1) is 10.2 Å². The maximum absolute atomic E-state index is 11.9. The molecule has 2 rings (SSSR count). The molecule has 2 aromatic rings. The zero-order valence-electron chi connectivity index (χ0n) is 11.4. The first-order valence-electron chi connectivity index (χ1n) is 5.61. The lowest BCUT2D eigenvalue weighted by atomic mass is 10.1. The van der Waals surface area contributed by atoms with Crippen LogP contribution in [0.15, 0.2) is 17.0 Å². The largest absolute Gasteiger partial charge is 0.465 e. The van der Waals surface area contributed by atoms with Gasteiger partial charge in [0.05, 0.1) is 35.2 Å². The topological polar surface area (TPSA) is 104 Å². The van der Waals surface area contributed by atoms with Crippen molar-refractivity contribution in [2.45, 2.75) is 4.90 Å². The van der Waals surface area contributed by atoms with Crippen molar-refractivity contribution in [1.82, 2.24) is 20.2 Å². The summed E-state index contributed by atoms with van der Waals surface area (Å²) in [4.78, 5) is 12.7. The third-order valence-electron chi connectivity index (χ3n) is 2.64. The van der Waals surface area contributed by atoms with Crippen LogP contribution >= 0.6 is 11.6 Å². The smallest absolute Gasteiger partial charge is 0.339 e. The lowest BCUT2D eigenvalue weighted by Crippen LogP contribution is -2.07. The van der Waals surface area contributed by atoms with Crippen LogP contribution in [0.5, 0.6) is 0 Å². The second-order valence-corrected chi connectivity index (χ2v) is 6.53. The average molecular weight is 331 g/mol. The number of esters is 1. The van der Waals surface area contributed by atoms with Gasteiger partial charge in [-0.25, -0.2) is 13.2 Å². The van der Waals surface area contributed by atoms with Crippen LogP contribution < -0.4 is 0 Å².